The van der Waals surface area contributed by atoms with Crippen LogP contribution in [0.25, 0.3) is 0 Å². The standard InChI is InChI=1S/C11H17BN2O4S/c1-10(2)11(3,4)18-12(17-10)9(13)7-5-6-8(19-7)14(15)16/h5-6,9H,13H2,1-4H3/t9-/m0/s1. The molecule has 1 aromatic heterocycles. The second-order valence-electron chi connectivity index (χ2n) is 5.58. The van der Waals surface area contributed by atoms with Crippen LogP contribution in [0.15, 0.2) is 12.1 Å². The average Bonchev–Trinajstić information content (AvgIpc) is 2.82. The minimum Gasteiger partial charge on any atom is -0.402 e. The topological polar surface area (TPSA) is 87.6 Å². The molecule has 1 aliphatic heterocycles. The predicted molar refractivity (Wildman–Crippen MR) is 74.0 cm³/mol. The quantitative estimate of drug-likeness (QED) is 0.522. The molecule has 19 heavy (non-hydrogen) atoms. The zero-order valence-corrected chi connectivity index (χ0v) is 12.2. The van der Waals surface area contributed by atoms with Gasteiger partial charge in [0.1, 0.15) is 0 Å². The highest BCUT2D eigenvalue weighted by Crippen LogP contribution is 2.40. The van der Waals surface area contributed by atoms with Crippen molar-refractivity contribution in [2.24, 2.45) is 5.73 Å². The number of hydrogen-bond acceptors (Lipinski definition) is 6. The fourth-order valence-corrected chi connectivity index (χ4v) is 2.62. The van der Waals surface area contributed by atoms with Gasteiger partial charge in [0.25, 0.3) is 0 Å². The number of hydrogen-bond donors (Lipinski definition) is 1. The van der Waals surface area contributed by atoms with Gasteiger partial charge in [-0.05, 0) is 33.8 Å². The molecule has 6 nitrogen and oxygen atoms in total. The van der Waals surface area contributed by atoms with Crippen LogP contribution < -0.4 is 5.73 Å². The lowest BCUT2D eigenvalue weighted by atomic mass is 9.78. The molecular weight excluding hydrogens is 267 g/mol. The van der Waals surface area contributed by atoms with Gasteiger partial charge in [0.15, 0.2) is 0 Å². The van der Waals surface area contributed by atoms with Crippen LogP contribution in [0.5, 0.6) is 0 Å². The maximum Gasteiger partial charge on any atom is 0.481 e. The van der Waals surface area contributed by atoms with E-state index in [0.717, 1.165) is 11.3 Å². The van der Waals surface area contributed by atoms with Gasteiger partial charge in [0.05, 0.1) is 22.1 Å². The van der Waals surface area contributed by atoms with Crippen LogP contribution in [0, 0.1) is 10.1 Å². The Balaban J connectivity index is 2.17. The van der Waals surface area contributed by atoms with Crippen LogP contribution in [-0.2, 0) is 9.31 Å². The molecular formula is C11H17BN2O4S. The normalized spacial score (nSPS) is 22.5. The maximum atomic E-state index is 10.7. The van der Waals surface area contributed by atoms with Gasteiger partial charge in [-0.15, -0.1) is 0 Å². The molecule has 0 amide bonds. The highest BCUT2D eigenvalue weighted by molar-refractivity contribution is 7.15. The van der Waals surface area contributed by atoms with Gasteiger partial charge < -0.3 is 15.0 Å². The molecule has 0 aliphatic carbocycles. The Bertz CT molecular complexity index is 487. The van der Waals surface area contributed by atoms with Gasteiger partial charge >= 0.3 is 12.1 Å². The van der Waals surface area contributed by atoms with Crippen LogP contribution in [0.4, 0.5) is 5.00 Å². The van der Waals surface area contributed by atoms with E-state index in [1.165, 1.54) is 6.07 Å². The van der Waals surface area contributed by atoms with Gasteiger partial charge in [0.2, 0.25) is 0 Å². The molecule has 0 unspecified atom stereocenters. The molecule has 104 valence electrons. The number of rotatable bonds is 3. The van der Waals surface area contributed by atoms with E-state index in [0.29, 0.717) is 4.88 Å². The smallest absolute Gasteiger partial charge is 0.402 e. The summed E-state index contributed by atoms with van der Waals surface area (Å²) >= 11 is 1.05. The Kier molecular flexibility index (Phi) is 3.46. The first-order valence-corrected chi connectivity index (χ1v) is 6.81. The van der Waals surface area contributed by atoms with Crippen molar-refractivity contribution in [3.8, 4) is 0 Å². The first-order chi connectivity index (χ1) is 8.64. The molecule has 0 spiro atoms. The molecule has 0 bridgehead atoms. The van der Waals surface area contributed by atoms with Crippen molar-refractivity contribution in [3.63, 3.8) is 0 Å². The summed E-state index contributed by atoms with van der Waals surface area (Å²) in [5.74, 6) is -0.528. The van der Waals surface area contributed by atoms with Gasteiger partial charge in [-0.3, -0.25) is 10.1 Å². The van der Waals surface area contributed by atoms with Crippen molar-refractivity contribution < 1.29 is 14.2 Å². The summed E-state index contributed by atoms with van der Waals surface area (Å²) < 4.78 is 11.7. The Morgan fingerprint density at radius 2 is 1.84 bits per heavy atom. The summed E-state index contributed by atoms with van der Waals surface area (Å²) in [6.45, 7) is 7.76. The van der Waals surface area contributed by atoms with Gasteiger partial charge in [-0.1, -0.05) is 11.3 Å². The average molecular weight is 284 g/mol. The lowest BCUT2D eigenvalue weighted by Crippen LogP contribution is -2.41. The Labute approximate surface area is 116 Å². The minimum absolute atomic E-state index is 0.0713. The van der Waals surface area contributed by atoms with Crippen molar-refractivity contribution in [1.29, 1.82) is 0 Å². The summed E-state index contributed by atoms with van der Waals surface area (Å²) in [7, 11) is -0.594. The second-order valence-corrected chi connectivity index (χ2v) is 6.68. The minimum atomic E-state index is -0.594. The SMILES string of the molecule is CC1(C)OB([C@@H](N)c2ccc([N+](=O)[O-])s2)OC1(C)C. The van der Waals surface area contributed by atoms with Gasteiger partial charge in [0, 0.05) is 10.9 Å². The fraction of sp³-hybridized carbons (Fsp3) is 0.636. The number of nitrogens with two attached hydrogens (primary N) is 1. The highest BCUT2D eigenvalue weighted by atomic mass is 32.1. The van der Waals surface area contributed by atoms with Gasteiger partial charge in [-0.25, -0.2) is 0 Å². The van der Waals surface area contributed by atoms with Gasteiger partial charge in [-0.2, -0.15) is 0 Å². The molecule has 0 saturated carbocycles. The summed E-state index contributed by atoms with van der Waals surface area (Å²) in [6.07, 6.45) is 0. The van der Waals surface area contributed by atoms with E-state index in [4.69, 9.17) is 15.0 Å². The summed E-state index contributed by atoms with van der Waals surface area (Å²) in [5, 5.41) is 10.7. The third kappa shape index (κ3) is 2.53. The van der Waals surface area contributed by atoms with E-state index in [-0.39, 0.29) is 5.00 Å². The predicted octanol–water partition coefficient (Wildman–Crippen LogP) is 2.29. The number of nitro groups is 1. The van der Waals surface area contributed by atoms with E-state index in [9.17, 15) is 10.1 Å². The van der Waals surface area contributed by atoms with Crippen molar-refractivity contribution in [2.45, 2.75) is 44.8 Å². The molecule has 2 rings (SSSR count). The van der Waals surface area contributed by atoms with Crippen molar-refractivity contribution >= 4 is 23.5 Å². The molecule has 1 saturated heterocycles. The van der Waals surface area contributed by atoms with Crippen LogP contribution in [0.3, 0.4) is 0 Å². The van der Waals surface area contributed by atoms with Crippen molar-refractivity contribution in [1.82, 2.24) is 0 Å². The zero-order chi connectivity index (χ0) is 14.4. The lowest BCUT2D eigenvalue weighted by Gasteiger charge is -2.32. The van der Waals surface area contributed by atoms with E-state index < -0.39 is 29.2 Å². The largest absolute Gasteiger partial charge is 0.481 e. The Morgan fingerprint density at radius 1 is 1.32 bits per heavy atom. The molecule has 1 aromatic rings. The fourth-order valence-electron chi connectivity index (χ4n) is 1.79. The third-order valence-electron chi connectivity index (χ3n) is 3.69. The van der Waals surface area contributed by atoms with E-state index >= 15 is 0 Å². The third-order valence-corrected chi connectivity index (χ3v) is 4.82. The first kappa shape index (κ1) is 14.5. The van der Waals surface area contributed by atoms with Crippen LogP contribution in [0.1, 0.15) is 38.5 Å². The van der Waals surface area contributed by atoms with E-state index in [1.54, 1.807) is 6.07 Å². The van der Waals surface area contributed by atoms with E-state index in [2.05, 4.69) is 0 Å². The summed E-state index contributed by atoms with van der Waals surface area (Å²) in [6, 6.07) is 3.10. The molecule has 8 heteroatoms. The number of nitrogens with zero attached hydrogens (tertiary/aromatic N) is 1. The first-order valence-electron chi connectivity index (χ1n) is 5.99. The van der Waals surface area contributed by atoms with Crippen LogP contribution in [0.2, 0.25) is 0 Å². The van der Waals surface area contributed by atoms with Crippen molar-refractivity contribution in [3.05, 3.63) is 27.1 Å². The maximum absolute atomic E-state index is 10.7. The Morgan fingerprint density at radius 3 is 2.26 bits per heavy atom. The lowest BCUT2D eigenvalue weighted by molar-refractivity contribution is -0.380. The van der Waals surface area contributed by atoms with Crippen LogP contribution >= 0.6 is 11.3 Å². The highest BCUT2D eigenvalue weighted by Gasteiger charge is 2.53. The zero-order valence-electron chi connectivity index (χ0n) is 11.4. The molecule has 2 heterocycles. The van der Waals surface area contributed by atoms with E-state index in [1.807, 2.05) is 27.7 Å². The second kappa shape index (κ2) is 4.55. The molecule has 1 aliphatic rings. The molecule has 0 radical (unpaired) electrons. The molecule has 1 fully saturated rings. The van der Waals surface area contributed by atoms with Crippen molar-refractivity contribution in [2.75, 3.05) is 0 Å². The summed E-state index contributed by atoms with van der Waals surface area (Å²) in [4.78, 5) is 10.9. The molecule has 2 N–H and O–H groups in total. The monoisotopic (exact) mass is 284 g/mol. The molecule has 0 aromatic carbocycles. The summed E-state index contributed by atoms with van der Waals surface area (Å²) in [5.41, 5.74) is 5.17. The Hall–Kier alpha value is -0.955. The number of thiophene rings is 1. The molecule has 1 atom stereocenters. The van der Waals surface area contributed by atoms with Crippen LogP contribution in [-0.4, -0.2) is 23.2 Å².